The molecule has 1 aromatic carbocycles. The van der Waals surface area contributed by atoms with Gasteiger partial charge in [-0.15, -0.1) is 0 Å². The fraction of sp³-hybridized carbons (Fsp3) is 0.524. The Bertz CT molecular complexity index is 687. The average Bonchev–Trinajstić information content (AvgIpc) is 3.14. The van der Waals surface area contributed by atoms with Crippen LogP contribution < -0.4 is 0 Å². The van der Waals surface area contributed by atoms with Gasteiger partial charge in [-0.2, -0.15) is 0 Å². The first-order chi connectivity index (χ1) is 13.0. The molecule has 6 heteroatoms. The zero-order valence-corrected chi connectivity index (χ0v) is 15.3. The van der Waals surface area contributed by atoms with E-state index in [0.29, 0.717) is 18.3 Å². The van der Waals surface area contributed by atoms with Crippen LogP contribution in [-0.4, -0.2) is 45.8 Å². The number of carboxylic acids is 1. The van der Waals surface area contributed by atoms with E-state index in [1.807, 2.05) is 36.4 Å². The number of oxime groups is 1. The molecule has 0 radical (unpaired) electrons. The van der Waals surface area contributed by atoms with Gasteiger partial charge in [-0.3, -0.25) is 4.79 Å². The van der Waals surface area contributed by atoms with Crippen LogP contribution in [0.5, 0.6) is 0 Å². The van der Waals surface area contributed by atoms with Gasteiger partial charge in [-0.25, -0.2) is 0 Å². The van der Waals surface area contributed by atoms with Crippen LogP contribution in [-0.2, 0) is 16.1 Å². The molecular weight excluding hydrogens is 346 g/mol. The minimum atomic E-state index is -0.902. The summed E-state index contributed by atoms with van der Waals surface area (Å²) in [6, 6.07) is 9.83. The molecule has 2 saturated carbocycles. The lowest BCUT2D eigenvalue weighted by Crippen LogP contribution is -2.18. The van der Waals surface area contributed by atoms with Crippen molar-refractivity contribution in [1.29, 1.82) is 0 Å². The second-order valence-electron chi connectivity index (χ2n) is 7.49. The molecule has 0 heterocycles. The minimum Gasteiger partial charge on any atom is -0.481 e. The molecule has 5 atom stereocenters. The van der Waals surface area contributed by atoms with Gasteiger partial charge in [0.05, 0.1) is 24.3 Å². The number of aliphatic hydroxyl groups excluding tert-OH is 2. The predicted molar refractivity (Wildman–Crippen MR) is 101 cm³/mol. The van der Waals surface area contributed by atoms with E-state index in [2.05, 4.69) is 5.16 Å². The first-order valence-electron chi connectivity index (χ1n) is 9.51. The first kappa shape index (κ1) is 19.6. The van der Waals surface area contributed by atoms with Crippen LogP contribution in [0.25, 0.3) is 0 Å². The number of rotatable bonds is 8. The van der Waals surface area contributed by atoms with Crippen molar-refractivity contribution in [2.24, 2.45) is 22.9 Å². The van der Waals surface area contributed by atoms with E-state index in [1.165, 1.54) is 0 Å². The summed E-state index contributed by atoms with van der Waals surface area (Å²) in [6.07, 6.45) is 5.53. The number of benzene rings is 1. The van der Waals surface area contributed by atoms with Gasteiger partial charge >= 0.3 is 5.97 Å². The smallest absolute Gasteiger partial charge is 0.306 e. The Kier molecular flexibility index (Phi) is 6.63. The predicted octanol–water partition coefficient (Wildman–Crippen LogP) is 2.40. The Balaban J connectivity index is 1.53. The summed E-state index contributed by atoms with van der Waals surface area (Å²) in [5, 5.41) is 33.4. The highest BCUT2D eigenvalue weighted by Crippen LogP contribution is 2.47. The third kappa shape index (κ3) is 5.40. The monoisotopic (exact) mass is 373 g/mol. The topological polar surface area (TPSA) is 99.4 Å². The summed E-state index contributed by atoms with van der Waals surface area (Å²) in [4.78, 5) is 15.6. The molecule has 3 rings (SSSR count). The Morgan fingerprint density at radius 3 is 2.81 bits per heavy atom. The minimum absolute atomic E-state index is 0.00661. The zero-order chi connectivity index (χ0) is 19.2. The molecule has 3 N–H and O–H groups in total. The van der Waals surface area contributed by atoms with Crippen molar-refractivity contribution in [3.8, 4) is 0 Å². The number of nitrogens with zero attached hydrogens (tertiary/aromatic N) is 1. The normalized spacial score (nSPS) is 29.9. The Hall–Kier alpha value is -2.18. The van der Waals surface area contributed by atoms with Gasteiger partial charge in [-0.1, -0.05) is 47.6 Å². The largest absolute Gasteiger partial charge is 0.481 e. The Morgan fingerprint density at radius 2 is 2.07 bits per heavy atom. The molecule has 0 aliphatic heterocycles. The molecule has 2 aliphatic carbocycles. The van der Waals surface area contributed by atoms with Crippen molar-refractivity contribution >= 4 is 11.7 Å². The van der Waals surface area contributed by atoms with Crippen molar-refractivity contribution < 1.29 is 25.0 Å². The van der Waals surface area contributed by atoms with Crippen molar-refractivity contribution in [1.82, 2.24) is 0 Å². The molecule has 2 aliphatic rings. The number of hydrogen-bond acceptors (Lipinski definition) is 5. The molecule has 0 aromatic heterocycles. The summed E-state index contributed by atoms with van der Waals surface area (Å²) in [7, 11) is 0. The molecule has 0 saturated heterocycles. The molecule has 2 fully saturated rings. The highest BCUT2D eigenvalue weighted by molar-refractivity contribution is 5.86. The molecule has 146 valence electrons. The highest BCUT2D eigenvalue weighted by atomic mass is 16.6. The van der Waals surface area contributed by atoms with Crippen LogP contribution in [0.3, 0.4) is 0 Å². The lowest BCUT2D eigenvalue weighted by molar-refractivity contribution is -0.138. The van der Waals surface area contributed by atoms with Gasteiger partial charge in [0.2, 0.25) is 0 Å². The summed E-state index contributed by atoms with van der Waals surface area (Å²) in [6.45, 7) is 0.0752. The maximum atomic E-state index is 10.5. The molecule has 0 bridgehead atoms. The van der Waals surface area contributed by atoms with Crippen molar-refractivity contribution in [2.45, 2.75) is 44.3 Å². The summed E-state index contributed by atoms with van der Waals surface area (Å²) < 4.78 is 0. The number of carboxylic acid groups (broad SMARTS) is 1. The van der Waals surface area contributed by atoms with Crippen LogP contribution in [0.1, 0.15) is 31.2 Å². The molecule has 27 heavy (non-hydrogen) atoms. The van der Waals surface area contributed by atoms with Crippen LogP contribution in [0, 0.1) is 17.8 Å². The van der Waals surface area contributed by atoms with E-state index in [-0.39, 0.29) is 18.9 Å². The Labute approximate surface area is 159 Å². The average molecular weight is 373 g/mol. The van der Waals surface area contributed by atoms with Gasteiger partial charge in [-0.05, 0) is 36.7 Å². The van der Waals surface area contributed by atoms with E-state index in [0.717, 1.165) is 30.5 Å². The van der Waals surface area contributed by atoms with Crippen LogP contribution in [0.4, 0.5) is 0 Å². The fourth-order valence-corrected chi connectivity index (χ4v) is 4.23. The number of aliphatic hydroxyl groups is 2. The lowest BCUT2D eigenvalue weighted by Gasteiger charge is -2.17. The van der Waals surface area contributed by atoms with Gasteiger partial charge in [0.25, 0.3) is 0 Å². The van der Waals surface area contributed by atoms with Gasteiger partial charge in [0.1, 0.15) is 6.61 Å². The molecule has 1 unspecified atom stereocenters. The lowest BCUT2D eigenvalue weighted by atomic mass is 9.90. The second-order valence-corrected chi connectivity index (χ2v) is 7.49. The van der Waals surface area contributed by atoms with Gasteiger partial charge < -0.3 is 20.2 Å². The third-order valence-corrected chi connectivity index (χ3v) is 5.50. The number of aliphatic carboxylic acids is 1. The molecular formula is C21H27NO5. The number of hydrogen-bond donors (Lipinski definition) is 3. The van der Waals surface area contributed by atoms with E-state index in [4.69, 9.17) is 9.94 Å². The zero-order valence-electron chi connectivity index (χ0n) is 15.3. The fourth-order valence-electron chi connectivity index (χ4n) is 4.23. The molecule has 1 aromatic rings. The second kappa shape index (κ2) is 9.15. The summed E-state index contributed by atoms with van der Waals surface area (Å²) >= 11 is 0. The van der Waals surface area contributed by atoms with E-state index < -0.39 is 18.2 Å². The van der Waals surface area contributed by atoms with E-state index in [1.54, 1.807) is 6.08 Å². The first-order valence-corrected chi connectivity index (χ1v) is 9.51. The highest BCUT2D eigenvalue weighted by Gasteiger charge is 2.46. The third-order valence-electron chi connectivity index (χ3n) is 5.50. The number of fused-ring (bicyclic) bond motifs is 1. The van der Waals surface area contributed by atoms with E-state index >= 15 is 0 Å². The Morgan fingerprint density at radius 1 is 1.30 bits per heavy atom. The summed E-state index contributed by atoms with van der Waals surface area (Å²) in [5.74, 6) is -0.238. The summed E-state index contributed by atoms with van der Waals surface area (Å²) in [5.41, 5.74) is 2.01. The molecule has 0 amide bonds. The standard InChI is InChI=1S/C21H27NO5/c23-17(10-14-4-2-1-3-5-14)6-7-18-19-13-16(11-15(19)12-20(18)24)22-27-9-8-21(25)26/h1-7,15,17-20,23-24H,8-13H2,(H,25,26)/t15-,17?,18-,19+,20-/m0/s1. The van der Waals surface area contributed by atoms with Crippen molar-refractivity contribution in [3.05, 3.63) is 48.0 Å². The van der Waals surface area contributed by atoms with Crippen LogP contribution >= 0.6 is 0 Å². The van der Waals surface area contributed by atoms with Crippen molar-refractivity contribution in [3.63, 3.8) is 0 Å². The molecule has 6 nitrogen and oxygen atoms in total. The van der Waals surface area contributed by atoms with E-state index in [9.17, 15) is 15.0 Å². The maximum absolute atomic E-state index is 10.5. The maximum Gasteiger partial charge on any atom is 0.306 e. The van der Waals surface area contributed by atoms with Gasteiger partial charge in [0.15, 0.2) is 0 Å². The van der Waals surface area contributed by atoms with Crippen LogP contribution in [0.15, 0.2) is 47.6 Å². The van der Waals surface area contributed by atoms with Crippen LogP contribution in [0.2, 0.25) is 0 Å². The quantitative estimate of drug-likeness (QED) is 0.369. The van der Waals surface area contributed by atoms with Gasteiger partial charge in [0, 0.05) is 12.3 Å². The van der Waals surface area contributed by atoms with Crippen molar-refractivity contribution in [2.75, 3.05) is 6.61 Å². The molecule has 0 spiro atoms. The SMILES string of the molecule is O=C(O)CCON=C1C[C@H]2C[C@H](O)[C@@H](C=CC(O)Cc3ccccc3)[C@@H]2C1. The number of carbonyl (C=O) groups is 1.